The van der Waals surface area contributed by atoms with Crippen LogP contribution in [0.4, 0.5) is 0 Å². The molecule has 3 aromatic carbocycles. The molecule has 3 rings (SSSR count). The Labute approximate surface area is 168 Å². The highest BCUT2D eigenvalue weighted by atomic mass is 127. The van der Waals surface area contributed by atoms with E-state index in [-0.39, 0.29) is 16.9 Å². The van der Waals surface area contributed by atoms with Crippen LogP contribution in [0.5, 0.6) is 5.75 Å². The molecule has 0 aliphatic rings. The summed E-state index contributed by atoms with van der Waals surface area (Å²) in [6.45, 7) is 0. The van der Waals surface area contributed by atoms with E-state index < -0.39 is 0 Å². The van der Waals surface area contributed by atoms with Crippen molar-refractivity contribution in [2.45, 2.75) is 14.7 Å². The van der Waals surface area contributed by atoms with Gasteiger partial charge >= 0.3 is 5.97 Å². The second-order valence-electron chi connectivity index (χ2n) is 5.15. The van der Waals surface area contributed by atoms with Crippen LogP contribution < -0.4 is 4.74 Å². The fourth-order valence-electron chi connectivity index (χ4n) is 2.34. The van der Waals surface area contributed by atoms with Crippen molar-refractivity contribution < 1.29 is 9.53 Å². The summed E-state index contributed by atoms with van der Waals surface area (Å²) >= 11 is 8.04. The lowest BCUT2D eigenvalue weighted by molar-refractivity contribution is -0.131. The zero-order chi connectivity index (χ0) is 17.6. The largest absolute Gasteiger partial charge is 0.426 e. The van der Waals surface area contributed by atoms with Gasteiger partial charge < -0.3 is 4.74 Å². The van der Waals surface area contributed by atoms with Crippen molar-refractivity contribution in [1.82, 2.24) is 0 Å². The highest BCUT2D eigenvalue weighted by molar-refractivity contribution is 14.1. The standard InChI is InChI=1S/C20H15ClIO2S/c21-15-6-10-18(11-7-15)25(17-4-2-1-3-5-17)19-12-8-16(9-13-19)24-20(23)14-22/h1-13H,14H2/q+1. The van der Waals surface area contributed by atoms with Gasteiger partial charge in [-0.1, -0.05) is 52.4 Å². The Morgan fingerprint density at radius 3 is 1.92 bits per heavy atom. The first-order valence-electron chi connectivity index (χ1n) is 7.59. The summed E-state index contributed by atoms with van der Waals surface area (Å²) in [6, 6.07) is 26.0. The number of ether oxygens (including phenoxy) is 1. The number of rotatable bonds is 5. The van der Waals surface area contributed by atoms with Gasteiger partial charge in [-0.2, -0.15) is 0 Å². The zero-order valence-corrected chi connectivity index (χ0v) is 16.9. The van der Waals surface area contributed by atoms with Crippen molar-refractivity contribution in [2.24, 2.45) is 0 Å². The number of hydrogen-bond donors (Lipinski definition) is 0. The van der Waals surface area contributed by atoms with E-state index >= 15 is 0 Å². The van der Waals surface area contributed by atoms with Gasteiger partial charge in [0, 0.05) is 5.02 Å². The quantitative estimate of drug-likeness (QED) is 0.152. The Kier molecular flexibility index (Phi) is 6.39. The number of halogens is 2. The minimum atomic E-state index is -0.246. The van der Waals surface area contributed by atoms with Crippen molar-refractivity contribution in [3.05, 3.63) is 83.9 Å². The lowest BCUT2D eigenvalue weighted by Gasteiger charge is -2.09. The van der Waals surface area contributed by atoms with Gasteiger partial charge in [-0.3, -0.25) is 4.79 Å². The molecule has 2 nitrogen and oxygen atoms in total. The van der Waals surface area contributed by atoms with Crippen molar-refractivity contribution in [2.75, 3.05) is 4.43 Å². The normalized spacial score (nSPS) is 11.8. The molecule has 0 heterocycles. The molecule has 0 bridgehead atoms. The second-order valence-corrected chi connectivity index (χ2v) is 8.38. The van der Waals surface area contributed by atoms with E-state index in [2.05, 4.69) is 24.3 Å². The summed E-state index contributed by atoms with van der Waals surface area (Å²) in [5, 5.41) is 0.724. The van der Waals surface area contributed by atoms with Crippen molar-refractivity contribution in [3.8, 4) is 5.75 Å². The molecule has 0 spiro atoms. The van der Waals surface area contributed by atoms with E-state index in [4.69, 9.17) is 16.3 Å². The molecule has 1 unspecified atom stereocenters. The monoisotopic (exact) mass is 481 g/mol. The first kappa shape index (κ1) is 18.3. The van der Waals surface area contributed by atoms with Gasteiger partial charge in [0.25, 0.3) is 0 Å². The lowest BCUT2D eigenvalue weighted by Crippen LogP contribution is -2.09. The average Bonchev–Trinajstić information content (AvgIpc) is 2.66. The third kappa shape index (κ3) is 4.77. The SMILES string of the molecule is O=C(CI)Oc1ccc([S+](c2ccccc2)c2ccc(Cl)cc2)cc1. The summed E-state index contributed by atoms with van der Waals surface area (Å²) in [6.07, 6.45) is 0. The topological polar surface area (TPSA) is 26.3 Å². The Hall–Kier alpha value is -1.50. The van der Waals surface area contributed by atoms with E-state index in [9.17, 15) is 4.79 Å². The van der Waals surface area contributed by atoms with Crippen LogP contribution in [0.2, 0.25) is 5.02 Å². The second kappa shape index (κ2) is 8.74. The van der Waals surface area contributed by atoms with Crippen LogP contribution in [0.25, 0.3) is 0 Å². The van der Waals surface area contributed by atoms with E-state index in [1.165, 1.54) is 9.79 Å². The fourth-order valence-corrected chi connectivity index (χ4v) is 4.68. The first-order valence-corrected chi connectivity index (χ1v) is 10.7. The van der Waals surface area contributed by atoms with E-state index in [1.807, 2.05) is 77.2 Å². The third-order valence-corrected chi connectivity index (χ3v) is 6.53. The highest BCUT2D eigenvalue weighted by Crippen LogP contribution is 2.32. The molecule has 0 amide bonds. The van der Waals surface area contributed by atoms with Crippen LogP contribution in [0.3, 0.4) is 0 Å². The molecule has 5 heteroatoms. The highest BCUT2D eigenvalue weighted by Gasteiger charge is 2.28. The molecular formula is C20H15ClIO2S+. The number of carbonyl (C=O) groups excluding carboxylic acids is 1. The van der Waals surface area contributed by atoms with Gasteiger partial charge in [0.15, 0.2) is 14.7 Å². The van der Waals surface area contributed by atoms with Gasteiger partial charge in [0.2, 0.25) is 0 Å². The summed E-state index contributed by atoms with van der Waals surface area (Å²) < 4.78 is 5.60. The maximum atomic E-state index is 11.4. The molecule has 0 saturated carbocycles. The van der Waals surface area contributed by atoms with Crippen molar-refractivity contribution in [3.63, 3.8) is 0 Å². The molecule has 0 aliphatic heterocycles. The van der Waals surface area contributed by atoms with Gasteiger partial charge in [-0.15, -0.1) is 0 Å². The number of carbonyl (C=O) groups is 1. The van der Waals surface area contributed by atoms with E-state index in [0.29, 0.717) is 10.2 Å². The zero-order valence-electron chi connectivity index (χ0n) is 13.2. The summed E-state index contributed by atoms with van der Waals surface area (Å²) in [7, 11) is -0.246. The van der Waals surface area contributed by atoms with Gasteiger partial charge in [-0.25, -0.2) is 0 Å². The smallest absolute Gasteiger partial charge is 0.321 e. The van der Waals surface area contributed by atoms with Crippen molar-refractivity contribution >= 4 is 51.1 Å². The Balaban J connectivity index is 1.97. The molecule has 0 aliphatic carbocycles. The molecule has 3 aromatic rings. The maximum Gasteiger partial charge on any atom is 0.321 e. The third-order valence-electron chi connectivity index (χ3n) is 3.43. The number of hydrogen-bond acceptors (Lipinski definition) is 2. The molecule has 25 heavy (non-hydrogen) atoms. The predicted octanol–water partition coefficient (Wildman–Crippen LogP) is 5.78. The Bertz CT molecular complexity index is 836. The van der Waals surface area contributed by atoms with Crippen LogP contribution in [0.15, 0.2) is 93.5 Å². The van der Waals surface area contributed by atoms with Crippen LogP contribution in [0.1, 0.15) is 0 Å². The summed E-state index contributed by atoms with van der Waals surface area (Å²) in [4.78, 5) is 15.0. The van der Waals surface area contributed by atoms with Crippen molar-refractivity contribution in [1.29, 1.82) is 0 Å². The Morgan fingerprint density at radius 1 is 0.840 bits per heavy atom. The Morgan fingerprint density at radius 2 is 1.36 bits per heavy atom. The average molecular weight is 482 g/mol. The summed E-state index contributed by atoms with van der Waals surface area (Å²) in [5.41, 5.74) is 0. The summed E-state index contributed by atoms with van der Waals surface area (Å²) in [5.74, 6) is 0.325. The lowest BCUT2D eigenvalue weighted by atomic mass is 10.3. The number of alkyl halides is 1. The molecule has 0 N–H and O–H groups in total. The van der Waals surface area contributed by atoms with E-state index in [1.54, 1.807) is 0 Å². The molecule has 0 aromatic heterocycles. The molecule has 0 radical (unpaired) electrons. The number of benzene rings is 3. The minimum absolute atomic E-state index is 0.242. The van der Waals surface area contributed by atoms with Gasteiger partial charge in [-0.05, 0) is 60.7 Å². The molecular weight excluding hydrogens is 467 g/mol. The first-order chi connectivity index (χ1) is 12.2. The molecule has 126 valence electrons. The number of esters is 1. The van der Waals surface area contributed by atoms with Crippen LogP contribution in [-0.2, 0) is 15.7 Å². The fraction of sp³-hybridized carbons (Fsp3) is 0.0500. The van der Waals surface area contributed by atoms with Gasteiger partial charge in [0.05, 0.1) is 15.3 Å². The molecule has 0 fully saturated rings. The van der Waals surface area contributed by atoms with Crippen LogP contribution >= 0.6 is 34.2 Å². The van der Waals surface area contributed by atoms with E-state index in [0.717, 1.165) is 9.92 Å². The van der Waals surface area contributed by atoms with Crippen LogP contribution in [0, 0.1) is 0 Å². The molecule has 1 atom stereocenters. The molecule has 0 saturated heterocycles. The minimum Gasteiger partial charge on any atom is -0.426 e. The van der Waals surface area contributed by atoms with Crippen LogP contribution in [-0.4, -0.2) is 10.4 Å². The van der Waals surface area contributed by atoms with Gasteiger partial charge in [0.1, 0.15) is 5.75 Å². The predicted molar refractivity (Wildman–Crippen MR) is 111 cm³/mol. The maximum absolute atomic E-state index is 11.4.